The van der Waals surface area contributed by atoms with Gasteiger partial charge in [-0.2, -0.15) is 36.7 Å². The van der Waals surface area contributed by atoms with Gasteiger partial charge >= 0.3 is 6.18 Å². The van der Waals surface area contributed by atoms with Crippen molar-refractivity contribution >= 4 is 23.5 Å². The SMILES string of the molecule is CCNC(CCC(F)(F)F)C1SCCSC1C. The van der Waals surface area contributed by atoms with Crippen molar-refractivity contribution in [2.24, 2.45) is 0 Å². The van der Waals surface area contributed by atoms with Gasteiger partial charge in [0, 0.05) is 34.5 Å². The van der Waals surface area contributed by atoms with E-state index >= 15 is 0 Å². The van der Waals surface area contributed by atoms with Gasteiger partial charge < -0.3 is 5.32 Å². The summed E-state index contributed by atoms with van der Waals surface area (Å²) in [6, 6.07) is -0.0191. The lowest BCUT2D eigenvalue weighted by atomic mass is 10.1. The van der Waals surface area contributed by atoms with Crippen LogP contribution in [-0.2, 0) is 0 Å². The largest absolute Gasteiger partial charge is 0.389 e. The molecular weight excluding hydrogens is 267 g/mol. The van der Waals surface area contributed by atoms with Crippen LogP contribution in [0.4, 0.5) is 13.2 Å². The molecule has 1 heterocycles. The third-order valence-electron chi connectivity index (χ3n) is 2.84. The molecule has 1 rings (SSSR count). The van der Waals surface area contributed by atoms with Crippen LogP contribution in [0.15, 0.2) is 0 Å². The third kappa shape index (κ3) is 5.75. The molecule has 3 atom stereocenters. The highest BCUT2D eigenvalue weighted by Gasteiger charge is 2.34. The Kier molecular flexibility index (Phi) is 6.51. The molecule has 1 N–H and O–H groups in total. The zero-order chi connectivity index (χ0) is 12.9. The Morgan fingerprint density at radius 3 is 2.47 bits per heavy atom. The number of thioether (sulfide) groups is 2. The highest BCUT2D eigenvalue weighted by atomic mass is 32.2. The van der Waals surface area contributed by atoms with Gasteiger partial charge in [0.15, 0.2) is 0 Å². The summed E-state index contributed by atoms with van der Waals surface area (Å²) in [6.07, 6.45) is -4.53. The fraction of sp³-hybridized carbons (Fsp3) is 1.00. The van der Waals surface area contributed by atoms with Crippen LogP contribution in [0.2, 0.25) is 0 Å². The average Bonchev–Trinajstić information content (AvgIpc) is 2.24. The van der Waals surface area contributed by atoms with E-state index in [1.807, 2.05) is 30.4 Å². The monoisotopic (exact) mass is 287 g/mol. The van der Waals surface area contributed by atoms with Gasteiger partial charge in [-0.05, 0) is 13.0 Å². The maximum Gasteiger partial charge on any atom is 0.389 e. The quantitative estimate of drug-likeness (QED) is 0.830. The van der Waals surface area contributed by atoms with Crippen molar-refractivity contribution in [3.05, 3.63) is 0 Å². The molecule has 1 fully saturated rings. The Morgan fingerprint density at radius 2 is 1.94 bits per heavy atom. The lowest BCUT2D eigenvalue weighted by Gasteiger charge is -2.35. The first kappa shape index (κ1) is 15.5. The van der Waals surface area contributed by atoms with Gasteiger partial charge in [0.25, 0.3) is 0 Å². The number of hydrogen-bond acceptors (Lipinski definition) is 3. The van der Waals surface area contributed by atoms with E-state index in [1.165, 1.54) is 0 Å². The van der Waals surface area contributed by atoms with Crippen LogP contribution >= 0.6 is 23.5 Å². The number of alkyl halides is 3. The Balaban J connectivity index is 2.51. The molecule has 0 spiro atoms. The molecule has 0 aromatic heterocycles. The first-order valence-corrected chi connectivity index (χ1v) is 8.07. The fourth-order valence-electron chi connectivity index (χ4n) is 2.06. The summed E-state index contributed by atoms with van der Waals surface area (Å²) in [5.41, 5.74) is 0. The molecule has 0 saturated carbocycles. The van der Waals surface area contributed by atoms with Crippen molar-refractivity contribution in [2.75, 3.05) is 18.1 Å². The van der Waals surface area contributed by atoms with Crippen molar-refractivity contribution in [2.45, 2.75) is 49.4 Å². The maximum atomic E-state index is 12.3. The van der Waals surface area contributed by atoms with E-state index in [9.17, 15) is 13.2 Å². The molecule has 0 aliphatic carbocycles. The summed E-state index contributed by atoms with van der Waals surface area (Å²) in [4.78, 5) is 0. The Labute approximate surface area is 110 Å². The van der Waals surface area contributed by atoms with Gasteiger partial charge in [-0.1, -0.05) is 13.8 Å². The first-order valence-electron chi connectivity index (χ1n) is 5.97. The lowest BCUT2D eigenvalue weighted by molar-refractivity contribution is -0.136. The number of rotatable bonds is 5. The van der Waals surface area contributed by atoms with Crippen LogP contribution in [-0.4, -0.2) is 40.8 Å². The summed E-state index contributed by atoms with van der Waals surface area (Å²) in [5.74, 6) is 2.16. The fourth-order valence-corrected chi connectivity index (χ4v) is 5.06. The zero-order valence-corrected chi connectivity index (χ0v) is 11.9. The summed E-state index contributed by atoms with van der Waals surface area (Å²) in [7, 11) is 0. The average molecular weight is 287 g/mol. The summed E-state index contributed by atoms with van der Waals surface area (Å²) < 4.78 is 36.8. The van der Waals surface area contributed by atoms with Crippen LogP contribution in [0.1, 0.15) is 26.7 Å². The third-order valence-corrected chi connectivity index (χ3v) is 6.09. The van der Waals surface area contributed by atoms with Gasteiger partial charge in [-0.3, -0.25) is 0 Å². The van der Waals surface area contributed by atoms with Crippen LogP contribution in [0.5, 0.6) is 0 Å². The molecule has 0 bridgehead atoms. The molecule has 0 aromatic rings. The second-order valence-electron chi connectivity index (χ2n) is 4.23. The minimum atomic E-state index is -4.04. The molecule has 1 nitrogen and oxygen atoms in total. The van der Waals surface area contributed by atoms with Gasteiger partial charge in [-0.15, -0.1) is 0 Å². The normalized spacial score (nSPS) is 28.1. The van der Waals surface area contributed by atoms with Crippen molar-refractivity contribution in [1.29, 1.82) is 0 Å². The Bertz CT molecular complexity index is 223. The van der Waals surface area contributed by atoms with Crippen molar-refractivity contribution in [3.63, 3.8) is 0 Å². The van der Waals surface area contributed by atoms with Crippen molar-refractivity contribution < 1.29 is 13.2 Å². The summed E-state index contributed by atoms with van der Waals surface area (Å²) in [6.45, 7) is 4.81. The predicted molar refractivity (Wildman–Crippen MR) is 70.9 cm³/mol. The van der Waals surface area contributed by atoms with E-state index in [0.717, 1.165) is 18.1 Å². The zero-order valence-electron chi connectivity index (χ0n) is 10.2. The van der Waals surface area contributed by atoms with Gasteiger partial charge in [0.05, 0.1) is 0 Å². The molecule has 6 heteroatoms. The maximum absolute atomic E-state index is 12.3. The molecule has 0 radical (unpaired) electrons. The number of nitrogens with one attached hydrogen (secondary N) is 1. The second-order valence-corrected chi connectivity index (χ2v) is 7.00. The van der Waals surface area contributed by atoms with Crippen molar-refractivity contribution in [3.8, 4) is 0 Å². The molecular formula is C11H20F3NS2. The van der Waals surface area contributed by atoms with Gasteiger partial charge in [0.2, 0.25) is 0 Å². The molecule has 0 amide bonds. The molecule has 3 unspecified atom stereocenters. The van der Waals surface area contributed by atoms with Gasteiger partial charge in [-0.25, -0.2) is 0 Å². The topological polar surface area (TPSA) is 12.0 Å². The van der Waals surface area contributed by atoms with Crippen LogP contribution < -0.4 is 5.32 Å². The van der Waals surface area contributed by atoms with Crippen LogP contribution in [0, 0.1) is 0 Å². The Morgan fingerprint density at radius 1 is 1.29 bits per heavy atom. The van der Waals surface area contributed by atoms with Crippen LogP contribution in [0.25, 0.3) is 0 Å². The number of halogens is 3. The second kappa shape index (κ2) is 7.14. The van der Waals surface area contributed by atoms with E-state index in [-0.39, 0.29) is 12.5 Å². The highest BCUT2D eigenvalue weighted by Crippen LogP contribution is 2.35. The van der Waals surface area contributed by atoms with E-state index in [1.54, 1.807) is 0 Å². The van der Waals surface area contributed by atoms with E-state index in [4.69, 9.17) is 0 Å². The van der Waals surface area contributed by atoms with E-state index in [2.05, 4.69) is 12.2 Å². The molecule has 1 saturated heterocycles. The van der Waals surface area contributed by atoms with E-state index in [0.29, 0.717) is 10.5 Å². The minimum absolute atomic E-state index is 0.0191. The van der Waals surface area contributed by atoms with Crippen molar-refractivity contribution in [1.82, 2.24) is 5.32 Å². The highest BCUT2D eigenvalue weighted by molar-refractivity contribution is 8.07. The molecule has 1 aliphatic heterocycles. The lowest BCUT2D eigenvalue weighted by Crippen LogP contribution is -2.44. The molecule has 102 valence electrons. The van der Waals surface area contributed by atoms with E-state index < -0.39 is 12.6 Å². The Hall–Kier alpha value is 0.450. The van der Waals surface area contributed by atoms with Gasteiger partial charge in [0.1, 0.15) is 0 Å². The first-order chi connectivity index (χ1) is 7.94. The minimum Gasteiger partial charge on any atom is -0.313 e. The standard InChI is InChI=1S/C11H20F3NS2/c1-3-15-9(4-5-11(12,13)14)10-8(2)16-6-7-17-10/h8-10,15H,3-7H2,1-2H3. The molecule has 0 aromatic carbocycles. The molecule has 17 heavy (non-hydrogen) atoms. The predicted octanol–water partition coefficient (Wildman–Crippen LogP) is 3.54. The smallest absolute Gasteiger partial charge is 0.313 e. The summed E-state index contributed by atoms with van der Waals surface area (Å²) >= 11 is 3.69. The number of hydrogen-bond donors (Lipinski definition) is 1. The summed E-state index contributed by atoms with van der Waals surface area (Å²) in [5, 5.41) is 3.96. The molecule has 1 aliphatic rings. The van der Waals surface area contributed by atoms with Crippen LogP contribution in [0.3, 0.4) is 0 Å².